The van der Waals surface area contributed by atoms with E-state index in [2.05, 4.69) is 10.3 Å². The number of ether oxygens (including phenoxy) is 1. The van der Waals surface area contributed by atoms with Gasteiger partial charge in [-0.1, -0.05) is 18.2 Å². The molecule has 108 valence electrons. The predicted molar refractivity (Wildman–Crippen MR) is 74.9 cm³/mol. The van der Waals surface area contributed by atoms with Crippen LogP contribution in [-0.2, 0) is 9.53 Å². The Morgan fingerprint density at radius 1 is 1.24 bits per heavy atom. The van der Waals surface area contributed by atoms with Crippen LogP contribution in [-0.4, -0.2) is 41.2 Å². The number of aromatic nitrogens is 1. The Hall–Kier alpha value is -2.47. The zero-order valence-electron chi connectivity index (χ0n) is 11.2. The number of rotatable bonds is 3. The number of benzene rings is 1. The first kappa shape index (κ1) is 13.5. The highest BCUT2D eigenvalue weighted by Gasteiger charge is 2.35. The number of hydrogen-bond donors (Lipinski definition) is 2. The highest BCUT2D eigenvalue weighted by molar-refractivity contribution is 6.05. The van der Waals surface area contributed by atoms with E-state index in [1.807, 2.05) is 12.1 Å². The summed E-state index contributed by atoms with van der Waals surface area (Å²) in [4.78, 5) is 27.7. The normalized spacial score (nSPS) is 21.3. The molecule has 6 heteroatoms. The minimum Gasteiger partial charge on any atom is -0.481 e. The average molecular weight is 286 g/mol. The number of amides is 1. The van der Waals surface area contributed by atoms with Gasteiger partial charge in [-0.2, -0.15) is 0 Å². The highest BCUT2D eigenvalue weighted by Crippen LogP contribution is 2.18. The maximum absolute atomic E-state index is 12.4. The topological polar surface area (TPSA) is 88.5 Å². The van der Waals surface area contributed by atoms with E-state index in [9.17, 15) is 9.59 Å². The summed E-state index contributed by atoms with van der Waals surface area (Å²) in [5.41, 5.74) is 1.03. The molecule has 2 unspecified atom stereocenters. The number of nitrogens with one attached hydrogen (secondary N) is 1. The molecule has 1 saturated heterocycles. The minimum atomic E-state index is -0.964. The van der Waals surface area contributed by atoms with E-state index in [-0.39, 0.29) is 19.1 Å². The lowest BCUT2D eigenvalue weighted by atomic mass is 10.0. The first-order valence-corrected chi connectivity index (χ1v) is 6.62. The Labute approximate surface area is 120 Å². The van der Waals surface area contributed by atoms with Gasteiger partial charge in [-0.05, 0) is 12.1 Å². The summed E-state index contributed by atoms with van der Waals surface area (Å²) in [5.74, 6) is -2.01. The van der Waals surface area contributed by atoms with E-state index in [1.165, 1.54) is 0 Å². The standard InChI is InChI=1S/C15H14N2O4/c18-14(17-12-8-21-7-11(12)15(19)20)10-5-1-3-9-4-2-6-16-13(9)10/h1-6,11-12H,7-8H2,(H,17,18)(H,19,20). The Balaban J connectivity index is 1.86. The van der Waals surface area contributed by atoms with Crippen molar-refractivity contribution < 1.29 is 19.4 Å². The van der Waals surface area contributed by atoms with E-state index in [0.717, 1.165) is 5.39 Å². The lowest BCUT2D eigenvalue weighted by Gasteiger charge is -2.16. The largest absolute Gasteiger partial charge is 0.481 e. The maximum atomic E-state index is 12.4. The Kier molecular flexibility index (Phi) is 3.53. The first-order chi connectivity index (χ1) is 10.2. The van der Waals surface area contributed by atoms with Gasteiger partial charge in [-0.25, -0.2) is 0 Å². The van der Waals surface area contributed by atoms with Gasteiger partial charge in [0.2, 0.25) is 0 Å². The lowest BCUT2D eigenvalue weighted by Crippen LogP contribution is -2.42. The summed E-state index contributed by atoms with van der Waals surface area (Å²) in [6.45, 7) is 0.328. The number of carboxylic acids is 1. The van der Waals surface area contributed by atoms with Crippen LogP contribution in [0.4, 0.5) is 0 Å². The van der Waals surface area contributed by atoms with Crippen LogP contribution in [0.3, 0.4) is 0 Å². The number of para-hydroxylation sites is 1. The number of carboxylic acid groups (broad SMARTS) is 1. The van der Waals surface area contributed by atoms with E-state index in [4.69, 9.17) is 9.84 Å². The minimum absolute atomic E-state index is 0.119. The summed E-state index contributed by atoms with van der Waals surface area (Å²) in [6.07, 6.45) is 1.62. The van der Waals surface area contributed by atoms with Gasteiger partial charge in [-0.15, -0.1) is 0 Å². The predicted octanol–water partition coefficient (Wildman–Crippen LogP) is 1.06. The number of carbonyl (C=O) groups is 2. The van der Waals surface area contributed by atoms with Crippen LogP contribution in [0.1, 0.15) is 10.4 Å². The molecule has 0 radical (unpaired) electrons. The van der Waals surface area contributed by atoms with Crippen LogP contribution in [0, 0.1) is 5.92 Å². The van der Waals surface area contributed by atoms with Crippen molar-refractivity contribution in [3.05, 3.63) is 42.1 Å². The number of carbonyl (C=O) groups excluding carboxylic acids is 1. The van der Waals surface area contributed by atoms with Crippen LogP contribution in [0.2, 0.25) is 0 Å². The number of aliphatic carboxylic acids is 1. The second-order valence-corrected chi connectivity index (χ2v) is 4.94. The van der Waals surface area contributed by atoms with Gasteiger partial charge in [-0.3, -0.25) is 14.6 Å². The molecule has 1 amide bonds. The first-order valence-electron chi connectivity index (χ1n) is 6.62. The fourth-order valence-corrected chi connectivity index (χ4v) is 2.47. The van der Waals surface area contributed by atoms with Gasteiger partial charge in [0.05, 0.1) is 30.3 Å². The highest BCUT2D eigenvalue weighted by atomic mass is 16.5. The molecule has 1 aromatic heterocycles. The molecule has 0 aliphatic carbocycles. The molecule has 3 rings (SSSR count). The van der Waals surface area contributed by atoms with Crippen molar-refractivity contribution in [3.8, 4) is 0 Å². The van der Waals surface area contributed by atoms with Gasteiger partial charge >= 0.3 is 5.97 Å². The van der Waals surface area contributed by atoms with Gasteiger partial charge in [0, 0.05) is 11.6 Å². The SMILES string of the molecule is O=C(NC1COCC1C(=O)O)c1cccc2cccnc12. The number of hydrogen-bond acceptors (Lipinski definition) is 4. The molecule has 1 aliphatic heterocycles. The van der Waals surface area contributed by atoms with Crippen molar-refractivity contribution in [1.29, 1.82) is 0 Å². The quantitative estimate of drug-likeness (QED) is 0.881. The van der Waals surface area contributed by atoms with Crippen LogP contribution in [0.15, 0.2) is 36.5 Å². The van der Waals surface area contributed by atoms with E-state index in [0.29, 0.717) is 11.1 Å². The molecule has 1 aliphatic rings. The summed E-state index contributed by atoms with van der Waals surface area (Å²) in [5, 5.41) is 12.7. The molecule has 6 nitrogen and oxygen atoms in total. The fraction of sp³-hybridized carbons (Fsp3) is 0.267. The van der Waals surface area contributed by atoms with Crippen molar-refractivity contribution in [3.63, 3.8) is 0 Å². The monoisotopic (exact) mass is 286 g/mol. The van der Waals surface area contributed by atoms with Crippen LogP contribution in [0.25, 0.3) is 10.9 Å². The molecular weight excluding hydrogens is 272 g/mol. The fourth-order valence-electron chi connectivity index (χ4n) is 2.47. The van der Waals surface area contributed by atoms with Gasteiger partial charge < -0.3 is 15.2 Å². The van der Waals surface area contributed by atoms with Crippen molar-refractivity contribution in [2.45, 2.75) is 6.04 Å². The molecule has 21 heavy (non-hydrogen) atoms. The maximum Gasteiger partial charge on any atom is 0.311 e. The molecule has 0 bridgehead atoms. The Morgan fingerprint density at radius 3 is 2.86 bits per heavy atom. The molecule has 0 saturated carbocycles. The third-order valence-corrected chi connectivity index (χ3v) is 3.59. The second kappa shape index (κ2) is 5.49. The summed E-state index contributed by atoms with van der Waals surface area (Å²) >= 11 is 0. The third-order valence-electron chi connectivity index (χ3n) is 3.59. The lowest BCUT2D eigenvalue weighted by molar-refractivity contribution is -0.142. The molecule has 1 aromatic carbocycles. The second-order valence-electron chi connectivity index (χ2n) is 4.94. The molecule has 2 aromatic rings. The van der Waals surface area contributed by atoms with Crippen LogP contribution < -0.4 is 5.32 Å². The van der Waals surface area contributed by atoms with Gasteiger partial charge in [0.1, 0.15) is 5.92 Å². The smallest absolute Gasteiger partial charge is 0.311 e. The zero-order valence-corrected chi connectivity index (χ0v) is 11.2. The van der Waals surface area contributed by atoms with Crippen molar-refractivity contribution in [2.75, 3.05) is 13.2 Å². The van der Waals surface area contributed by atoms with E-state index in [1.54, 1.807) is 24.4 Å². The molecular formula is C15H14N2O4. The molecule has 2 heterocycles. The van der Waals surface area contributed by atoms with Crippen LogP contribution >= 0.6 is 0 Å². The number of pyridine rings is 1. The Bertz CT molecular complexity index is 696. The molecule has 0 spiro atoms. The van der Waals surface area contributed by atoms with E-state index < -0.39 is 17.9 Å². The molecule has 1 fully saturated rings. The summed E-state index contributed by atoms with van der Waals surface area (Å²) in [6, 6.07) is 8.48. The van der Waals surface area contributed by atoms with Crippen molar-refractivity contribution in [1.82, 2.24) is 10.3 Å². The number of nitrogens with zero attached hydrogens (tertiary/aromatic N) is 1. The van der Waals surface area contributed by atoms with Gasteiger partial charge in [0.25, 0.3) is 5.91 Å². The van der Waals surface area contributed by atoms with Gasteiger partial charge in [0.15, 0.2) is 0 Å². The third kappa shape index (κ3) is 2.57. The van der Waals surface area contributed by atoms with Crippen molar-refractivity contribution >= 4 is 22.8 Å². The Morgan fingerprint density at radius 2 is 2.05 bits per heavy atom. The average Bonchev–Trinajstić information content (AvgIpc) is 2.95. The van der Waals surface area contributed by atoms with Crippen LogP contribution in [0.5, 0.6) is 0 Å². The zero-order chi connectivity index (χ0) is 14.8. The summed E-state index contributed by atoms with van der Waals surface area (Å²) in [7, 11) is 0. The number of fused-ring (bicyclic) bond motifs is 1. The molecule has 2 N–H and O–H groups in total. The van der Waals surface area contributed by atoms with Crippen molar-refractivity contribution in [2.24, 2.45) is 5.92 Å². The summed E-state index contributed by atoms with van der Waals surface area (Å²) < 4.78 is 5.14. The molecule has 2 atom stereocenters. The van der Waals surface area contributed by atoms with E-state index >= 15 is 0 Å².